The molecule has 10 heteroatoms. The summed E-state index contributed by atoms with van der Waals surface area (Å²) in [5, 5.41) is 3.18. The van der Waals surface area contributed by atoms with E-state index >= 15 is 0 Å². The first kappa shape index (κ1) is 20.0. The van der Waals surface area contributed by atoms with Gasteiger partial charge in [-0.25, -0.2) is 0 Å². The Morgan fingerprint density at radius 1 is 0.885 bits per heavy atom. The molecule has 2 aliphatic heterocycles. The van der Waals surface area contributed by atoms with E-state index in [9.17, 15) is 18.4 Å². The van der Waals surface area contributed by atoms with Crippen LogP contribution in [0.25, 0.3) is 0 Å². The van der Waals surface area contributed by atoms with Crippen molar-refractivity contribution < 1.29 is 18.4 Å². The zero-order valence-electron chi connectivity index (χ0n) is 15.0. The minimum atomic E-state index is -0.888. The summed E-state index contributed by atoms with van der Waals surface area (Å²) in [7, 11) is 0. The summed E-state index contributed by atoms with van der Waals surface area (Å²) in [5.41, 5.74) is 0. The van der Waals surface area contributed by atoms with Gasteiger partial charge in [0.25, 0.3) is 0 Å². The number of anilines is 1. The number of amides is 2. The van der Waals surface area contributed by atoms with Gasteiger partial charge in [0.05, 0.1) is 0 Å². The third kappa shape index (κ3) is 5.87. The van der Waals surface area contributed by atoms with Gasteiger partial charge in [-0.3, -0.25) is 9.59 Å². The van der Waals surface area contributed by atoms with E-state index < -0.39 is 11.9 Å². The maximum absolute atomic E-state index is 12.9. The van der Waals surface area contributed by atoms with Crippen LogP contribution >= 0.6 is 0 Å². The lowest BCUT2D eigenvalue weighted by Gasteiger charge is -2.34. The minimum absolute atomic E-state index is 0.00371. The van der Waals surface area contributed by atoms with Gasteiger partial charge >= 0.3 is 0 Å². The molecule has 1 N–H and O–H groups in total. The fraction of sp³-hybridized carbons (Fsp3) is 0.625. The maximum atomic E-state index is 12.9. The number of halogens is 2. The molecule has 2 saturated heterocycles. The van der Waals surface area contributed by atoms with Gasteiger partial charge in [0.15, 0.2) is 0 Å². The van der Waals surface area contributed by atoms with Gasteiger partial charge in [-0.15, -0.1) is 0 Å². The van der Waals surface area contributed by atoms with Crippen molar-refractivity contribution in [3.63, 3.8) is 0 Å². The van der Waals surface area contributed by atoms with Crippen LogP contribution in [-0.4, -0.2) is 83.9 Å². The second-order valence-corrected chi connectivity index (χ2v) is 6.06. The molecule has 0 aromatic carbocycles. The average molecular weight is 370 g/mol. The maximum Gasteiger partial charge on any atom is 0.230 e. The molecule has 0 radical (unpaired) electrons. The monoisotopic (exact) mass is 370 g/mol. The highest BCUT2D eigenvalue weighted by Gasteiger charge is 2.21. The van der Waals surface area contributed by atoms with E-state index in [0.717, 1.165) is 26.2 Å². The number of rotatable bonds is 1. The summed E-state index contributed by atoms with van der Waals surface area (Å²) in [6.07, 6.45) is 0. The molecule has 3 rings (SSSR count). The topological polar surface area (TPSA) is 81.7 Å². The van der Waals surface area contributed by atoms with E-state index in [2.05, 4.69) is 15.3 Å². The molecule has 1 aromatic rings. The van der Waals surface area contributed by atoms with Gasteiger partial charge in [-0.1, -0.05) is 0 Å². The number of carbonyl (C=O) groups is 2. The van der Waals surface area contributed by atoms with Gasteiger partial charge < -0.3 is 20.0 Å². The Kier molecular flexibility index (Phi) is 7.19. The number of piperazine rings is 2. The minimum Gasteiger partial charge on any atom is -0.340 e. The quantitative estimate of drug-likeness (QED) is 0.693. The van der Waals surface area contributed by atoms with E-state index in [4.69, 9.17) is 0 Å². The molecule has 2 amide bonds. The number of hydrogen-bond donors (Lipinski definition) is 1. The van der Waals surface area contributed by atoms with E-state index in [1.807, 2.05) is 4.90 Å². The summed E-state index contributed by atoms with van der Waals surface area (Å²) < 4.78 is 25.8. The molecule has 1 aromatic heterocycles. The Morgan fingerprint density at radius 3 is 1.77 bits per heavy atom. The predicted octanol–water partition coefficient (Wildman–Crippen LogP) is -0.139. The predicted molar refractivity (Wildman–Crippen MR) is 91.5 cm³/mol. The highest BCUT2D eigenvalue weighted by Crippen LogP contribution is 2.12. The standard InChI is InChI=1S/C10H12F2N4O.C6H12N2O/c1-7(17)15-2-4-16(5-3-15)10-13-8(11)6-9(12)14-10;1-6(9)8-4-2-7-3-5-8/h6H,2-5H2,1H3;7H,2-5H2,1H3. The Bertz CT molecular complexity index is 611. The van der Waals surface area contributed by atoms with Crippen molar-refractivity contribution in [3.8, 4) is 0 Å². The van der Waals surface area contributed by atoms with Crippen molar-refractivity contribution >= 4 is 17.8 Å². The number of hydrogen-bond acceptors (Lipinski definition) is 6. The SMILES string of the molecule is CC(=O)N1CCN(c2nc(F)cc(F)n2)CC1.CC(=O)N1CCNCC1. The lowest BCUT2D eigenvalue weighted by molar-refractivity contribution is -0.130. The van der Waals surface area contributed by atoms with E-state index in [-0.39, 0.29) is 17.8 Å². The van der Waals surface area contributed by atoms with Crippen molar-refractivity contribution in [2.45, 2.75) is 13.8 Å². The second-order valence-electron chi connectivity index (χ2n) is 6.06. The van der Waals surface area contributed by atoms with Crippen LogP contribution in [0.3, 0.4) is 0 Å². The fourth-order valence-corrected chi connectivity index (χ4v) is 2.72. The smallest absolute Gasteiger partial charge is 0.230 e. The van der Waals surface area contributed by atoms with E-state index in [0.29, 0.717) is 32.2 Å². The Hall–Kier alpha value is -2.36. The van der Waals surface area contributed by atoms with Gasteiger partial charge in [0.1, 0.15) is 0 Å². The molecular weight excluding hydrogens is 346 g/mol. The summed E-state index contributed by atoms with van der Waals surface area (Å²) >= 11 is 0. The zero-order chi connectivity index (χ0) is 19.1. The zero-order valence-corrected chi connectivity index (χ0v) is 15.0. The molecule has 144 valence electrons. The van der Waals surface area contributed by atoms with Crippen molar-refractivity contribution in [2.75, 3.05) is 57.3 Å². The normalized spacial score (nSPS) is 17.5. The van der Waals surface area contributed by atoms with Gasteiger partial charge in [-0.05, 0) is 0 Å². The third-order valence-electron chi connectivity index (χ3n) is 4.22. The fourth-order valence-electron chi connectivity index (χ4n) is 2.72. The molecule has 2 fully saturated rings. The van der Waals surface area contributed by atoms with Crippen LogP contribution in [0.2, 0.25) is 0 Å². The van der Waals surface area contributed by atoms with Crippen molar-refractivity contribution in [1.29, 1.82) is 0 Å². The highest BCUT2D eigenvalue weighted by atomic mass is 19.1. The van der Waals surface area contributed by atoms with Crippen molar-refractivity contribution in [2.24, 2.45) is 0 Å². The molecule has 2 aliphatic rings. The molecule has 0 bridgehead atoms. The number of nitrogens with one attached hydrogen (secondary N) is 1. The Labute approximate surface area is 151 Å². The van der Waals surface area contributed by atoms with Crippen LogP contribution in [0, 0.1) is 11.9 Å². The Balaban J connectivity index is 0.000000228. The van der Waals surface area contributed by atoms with E-state index in [1.54, 1.807) is 16.7 Å². The average Bonchev–Trinajstić information content (AvgIpc) is 2.62. The van der Waals surface area contributed by atoms with Crippen molar-refractivity contribution in [1.82, 2.24) is 25.1 Å². The lowest BCUT2D eigenvalue weighted by Crippen LogP contribution is -2.48. The molecule has 3 heterocycles. The second kappa shape index (κ2) is 9.37. The van der Waals surface area contributed by atoms with Gasteiger partial charge in [0, 0.05) is 72.3 Å². The first-order valence-electron chi connectivity index (χ1n) is 8.53. The van der Waals surface area contributed by atoms with Crippen molar-refractivity contribution in [3.05, 3.63) is 18.0 Å². The molecule has 0 aliphatic carbocycles. The summed E-state index contributed by atoms with van der Waals surface area (Å²) in [6.45, 7) is 8.71. The number of carbonyl (C=O) groups excluding carboxylic acids is 2. The summed E-state index contributed by atoms with van der Waals surface area (Å²) in [4.78, 5) is 34.1. The van der Waals surface area contributed by atoms with Crippen LogP contribution in [0.15, 0.2) is 6.07 Å². The first-order valence-corrected chi connectivity index (χ1v) is 8.53. The van der Waals surface area contributed by atoms with E-state index in [1.165, 1.54) is 6.92 Å². The largest absolute Gasteiger partial charge is 0.340 e. The third-order valence-corrected chi connectivity index (χ3v) is 4.22. The molecule has 0 unspecified atom stereocenters. The number of nitrogens with zero attached hydrogens (tertiary/aromatic N) is 5. The number of aromatic nitrogens is 2. The van der Waals surface area contributed by atoms with Crippen LogP contribution in [-0.2, 0) is 9.59 Å². The van der Waals surface area contributed by atoms with Gasteiger partial charge in [-0.2, -0.15) is 18.7 Å². The van der Waals surface area contributed by atoms with Crippen LogP contribution in [0.5, 0.6) is 0 Å². The lowest BCUT2D eigenvalue weighted by atomic mass is 10.3. The molecule has 26 heavy (non-hydrogen) atoms. The first-order chi connectivity index (χ1) is 12.4. The van der Waals surface area contributed by atoms with Crippen LogP contribution in [0.1, 0.15) is 13.8 Å². The summed E-state index contributed by atoms with van der Waals surface area (Å²) in [6, 6.07) is 0.634. The molecule has 0 spiro atoms. The highest BCUT2D eigenvalue weighted by molar-refractivity contribution is 5.73. The summed E-state index contributed by atoms with van der Waals surface area (Å²) in [5.74, 6) is -1.55. The molecule has 8 nitrogen and oxygen atoms in total. The Morgan fingerprint density at radius 2 is 1.35 bits per heavy atom. The molecule has 0 atom stereocenters. The van der Waals surface area contributed by atoms with Crippen LogP contribution < -0.4 is 10.2 Å². The van der Waals surface area contributed by atoms with Crippen LogP contribution in [0.4, 0.5) is 14.7 Å². The van der Waals surface area contributed by atoms with Gasteiger partial charge in [0.2, 0.25) is 29.7 Å². The molecular formula is C16H24F2N6O2. The molecule has 0 saturated carbocycles.